The van der Waals surface area contributed by atoms with Crippen molar-refractivity contribution in [3.05, 3.63) is 23.1 Å². The van der Waals surface area contributed by atoms with Crippen molar-refractivity contribution < 1.29 is 9.53 Å². The molecule has 2 heterocycles. The van der Waals surface area contributed by atoms with Gasteiger partial charge in [-0.1, -0.05) is 18.5 Å². The number of halogens is 1. The second kappa shape index (κ2) is 5.28. The van der Waals surface area contributed by atoms with Crippen LogP contribution in [0.25, 0.3) is 5.65 Å². The maximum absolute atomic E-state index is 11.8. The highest BCUT2D eigenvalue weighted by Crippen LogP contribution is 2.22. The first-order valence-electron chi connectivity index (χ1n) is 6.33. The number of hydrogen-bond donors (Lipinski definition) is 1. The predicted molar refractivity (Wildman–Crippen MR) is 77.2 cm³/mol. The lowest BCUT2D eigenvalue weighted by Gasteiger charge is -2.20. The molecule has 0 aromatic carbocycles. The van der Waals surface area contributed by atoms with Gasteiger partial charge in [0, 0.05) is 5.56 Å². The Kier molecular flexibility index (Phi) is 3.85. The van der Waals surface area contributed by atoms with Gasteiger partial charge >= 0.3 is 6.09 Å². The first-order chi connectivity index (χ1) is 9.30. The first-order valence-corrected chi connectivity index (χ1v) is 6.70. The van der Waals surface area contributed by atoms with E-state index in [0.29, 0.717) is 22.9 Å². The van der Waals surface area contributed by atoms with E-state index in [-0.39, 0.29) is 0 Å². The van der Waals surface area contributed by atoms with E-state index >= 15 is 0 Å². The SMILES string of the molecule is CCc1c(NC(=O)OC(C)(C)C)cnn2cc(Cl)nc12. The summed E-state index contributed by atoms with van der Waals surface area (Å²) in [5.41, 5.74) is 1.52. The lowest BCUT2D eigenvalue weighted by molar-refractivity contribution is 0.0635. The molecule has 2 aromatic heterocycles. The van der Waals surface area contributed by atoms with Crippen molar-refractivity contribution in [1.82, 2.24) is 14.6 Å². The average Bonchev–Trinajstić information content (AvgIpc) is 2.66. The van der Waals surface area contributed by atoms with Crippen LogP contribution in [0, 0.1) is 0 Å². The number of anilines is 1. The Balaban J connectivity index is 2.32. The maximum atomic E-state index is 11.8. The molecule has 0 spiro atoms. The zero-order valence-electron chi connectivity index (χ0n) is 11.9. The molecule has 0 saturated heterocycles. The van der Waals surface area contributed by atoms with E-state index in [1.54, 1.807) is 16.9 Å². The van der Waals surface area contributed by atoms with Gasteiger partial charge in [-0.15, -0.1) is 0 Å². The zero-order valence-corrected chi connectivity index (χ0v) is 12.7. The molecule has 1 N–H and O–H groups in total. The van der Waals surface area contributed by atoms with Gasteiger partial charge in [-0.05, 0) is 27.2 Å². The molecule has 7 heteroatoms. The molecule has 1 amide bonds. The summed E-state index contributed by atoms with van der Waals surface area (Å²) in [6, 6.07) is 0. The number of carbonyl (C=O) groups excluding carboxylic acids is 1. The number of rotatable bonds is 2. The molecule has 0 unspecified atom stereocenters. The first kappa shape index (κ1) is 14.6. The lowest BCUT2D eigenvalue weighted by Crippen LogP contribution is -2.27. The molecule has 0 saturated carbocycles. The molecule has 108 valence electrons. The molecule has 0 bridgehead atoms. The van der Waals surface area contributed by atoms with Gasteiger partial charge in [-0.25, -0.2) is 14.3 Å². The van der Waals surface area contributed by atoms with E-state index in [2.05, 4.69) is 15.4 Å². The summed E-state index contributed by atoms with van der Waals surface area (Å²) in [5, 5.41) is 7.22. The fourth-order valence-corrected chi connectivity index (χ4v) is 2.00. The third-order valence-corrected chi connectivity index (χ3v) is 2.74. The number of nitrogens with one attached hydrogen (secondary N) is 1. The quantitative estimate of drug-likeness (QED) is 0.923. The molecule has 2 rings (SSSR count). The van der Waals surface area contributed by atoms with Crippen molar-refractivity contribution >= 4 is 29.0 Å². The van der Waals surface area contributed by atoms with Gasteiger partial charge in [0.05, 0.1) is 18.1 Å². The minimum Gasteiger partial charge on any atom is -0.444 e. The van der Waals surface area contributed by atoms with Crippen LogP contribution in [-0.2, 0) is 11.2 Å². The Labute approximate surface area is 122 Å². The molecule has 20 heavy (non-hydrogen) atoms. The molecule has 0 aliphatic carbocycles. The van der Waals surface area contributed by atoms with Gasteiger partial charge in [0.15, 0.2) is 5.65 Å². The second-order valence-corrected chi connectivity index (χ2v) is 5.74. The Morgan fingerprint density at radius 3 is 2.80 bits per heavy atom. The van der Waals surface area contributed by atoms with Crippen molar-refractivity contribution in [2.45, 2.75) is 39.7 Å². The van der Waals surface area contributed by atoms with Gasteiger partial charge in [0.2, 0.25) is 0 Å². The van der Waals surface area contributed by atoms with Crippen LogP contribution in [0.2, 0.25) is 5.15 Å². The fraction of sp³-hybridized carbons (Fsp3) is 0.462. The van der Waals surface area contributed by atoms with Crippen LogP contribution in [-0.4, -0.2) is 26.3 Å². The zero-order chi connectivity index (χ0) is 14.9. The summed E-state index contributed by atoms with van der Waals surface area (Å²) in [6.07, 6.45) is 3.35. The summed E-state index contributed by atoms with van der Waals surface area (Å²) in [4.78, 5) is 16.0. The largest absolute Gasteiger partial charge is 0.444 e. The van der Waals surface area contributed by atoms with Crippen molar-refractivity contribution in [2.24, 2.45) is 0 Å². The average molecular weight is 297 g/mol. The highest BCUT2D eigenvalue weighted by Gasteiger charge is 2.18. The van der Waals surface area contributed by atoms with Gasteiger partial charge in [0.1, 0.15) is 10.8 Å². The number of carbonyl (C=O) groups is 1. The van der Waals surface area contributed by atoms with Crippen LogP contribution in [0.5, 0.6) is 0 Å². The number of aryl methyl sites for hydroxylation is 1. The summed E-state index contributed by atoms with van der Waals surface area (Å²) >= 11 is 5.87. The van der Waals surface area contributed by atoms with E-state index in [1.807, 2.05) is 27.7 Å². The Bertz CT molecular complexity index is 646. The third kappa shape index (κ3) is 3.19. The Hall–Kier alpha value is -1.82. The van der Waals surface area contributed by atoms with Crippen LogP contribution in [0.4, 0.5) is 10.5 Å². The number of ether oxygens (including phenoxy) is 1. The molecular formula is C13H17ClN4O2. The van der Waals surface area contributed by atoms with Crippen molar-refractivity contribution in [1.29, 1.82) is 0 Å². The standard InChI is InChI=1S/C13H17ClN4O2/c1-5-8-9(16-12(19)20-13(2,3)4)6-15-18-7-10(14)17-11(8)18/h6-7H,5H2,1-4H3,(H,16,19). The summed E-state index contributed by atoms with van der Waals surface area (Å²) < 4.78 is 6.81. The predicted octanol–water partition coefficient (Wildman–Crippen LogP) is 3.29. The van der Waals surface area contributed by atoms with E-state index in [4.69, 9.17) is 16.3 Å². The number of fused-ring (bicyclic) bond motifs is 1. The minimum absolute atomic E-state index is 0.363. The van der Waals surface area contributed by atoms with Crippen LogP contribution < -0.4 is 5.32 Å². The van der Waals surface area contributed by atoms with Crippen LogP contribution in [0.15, 0.2) is 12.4 Å². The molecular weight excluding hydrogens is 280 g/mol. The summed E-state index contributed by atoms with van der Waals surface area (Å²) in [7, 11) is 0. The van der Waals surface area contributed by atoms with E-state index in [1.165, 1.54) is 0 Å². The molecule has 0 radical (unpaired) electrons. The molecule has 6 nitrogen and oxygen atoms in total. The number of nitrogens with zero attached hydrogens (tertiary/aromatic N) is 3. The van der Waals surface area contributed by atoms with Crippen LogP contribution in [0.1, 0.15) is 33.3 Å². The van der Waals surface area contributed by atoms with Gasteiger partial charge in [0.25, 0.3) is 0 Å². The highest BCUT2D eigenvalue weighted by atomic mass is 35.5. The maximum Gasteiger partial charge on any atom is 0.412 e. The van der Waals surface area contributed by atoms with Crippen LogP contribution in [0.3, 0.4) is 0 Å². The third-order valence-electron chi connectivity index (χ3n) is 2.55. The Morgan fingerprint density at radius 1 is 1.50 bits per heavy atom. The summed E-state index contributed by atoms with van der Waals surface area (Å²) in [6.45, 7) is 7.40. The number of hydrogen-bond acceptors (Lipinski definition) is 4. The van der Waals surface area contributed by atoms with E-state index in [9.17, 15) is 4.79 Å². The molecule has 0 fully saturated rings. The van der Waals surface area contributed by atoms with Crippen molar-refractivity contribution in [2.75, 3.05) is 5.32 Å². The lowest BCUT2D eigenvalue weighted by atomic mass is 10.2. The van der Waals surface area contributed by atoms with Crippen molar-refractivity contribution in [3.8, 4) is 0 Å². The van der Waals surface area contributed by atoms with Crippen molar-refractivity contribution in [3.63, 3.8) is 0 Å². The molecule has 0 aliphatic heterocycles. The smallest absolute Gasteiger partial charge is 0.412 e. The monoisotopic (exact) mass is 296 g/mol. The normalized spacial score (nSPS) is 11.7. The highest BCUT2D eigenvalue weighted by molar-refractivity contribution is 6.29. The van der Waals surface area contributed by atoms with Gasteiger partial charge < -0.3 is 4.74 Å². The topological polar surface area (TPSA) is 68.5 Å². The van der Waals surface area contributed by atoms with Gasteiger partial charge in [-0.3, -0.25) is 5.32 Å². The molecule has 0 atom stereocenters. The minimum atomic E-state index is -0.551. The second-order valence-electron chi connectivity index (χ2n) is 5.35. The number of imidazole rings is 1. The number of aromatic nitrogens is 3. The van der Waals surface area contributed by atoms with E-state index < -0.39 is 11.7 Å². The molecule has 0 aliphatic rings. The Morgan fingerprint density at radius 2 is 2.20 bits per heavy atom. The summed E-state index contributed by atoms with van der Waals surface area (Å²) in [5.74, 6) is 0. The van der Waals surface area contributed by atoms with Gasteiger partial charge in [-0.2, -0.15) is 5.10 Å². The fourth-order valence-electron chi connectivity index (χ4n) is 1.83. The molecule has 2 aromatic rings. The van der Waals surface area contributed by atoms with Crippen LogP contribution >= 0.6 is 11.6 Å². The number of amides is 1. The van der Waals surface area contributed by atoms with E-state index in [0.717, 1.165) is 5.56 Å².